The SMILES string of the molecule is CCC(C)c1ccc(Cn2c(CNC(=O)c3ccc(F)cc3)nc3ccccc32)cc1. The van der Waals surface area contributed by atoms with E-state index in [9.17, 15) is 9.18 Å². The Hall–Kier alpha value is -3.47. The molecule has 0 bridgehead atoms. The minimum atomic E-state index is -0.363. The Morgan fingerprint density at radius 3 is 2.45 bits per heavy atom. The highest BCUT2D eigenvalue weighted by Crippen LogP contribution is 2.21. The highest BCUT2D eigenvalue weighted by Gasteiger charge is 2.13. The number of nitrogens with one attached hydrogen (secondary N) is 1. The molecule has 1 heterocycles. The Morgan fingerprint density at radius 1 is 1.03 bits per heavy atom. The zero-order valence-corrected chi connectivity index (χ0v) is 17.8. The van der Waals surface area contributed by atoms with Gasteiger partial charge in [-0.05, 0) is 59.9 Å². The normalized spacial score (nSPS) is 12.1. The number of hydrogen-bond acceptors (Lipinski definition) is 2. The average molecular weight is 416 g/mol. The van der Waals surface area contributed by atoms with Crippen LogP contribution in [0.2, 0.25) is 0 Å². The zero-order chi connectivity index (χ0) is 21.8. The maximum atomic E-state index is 13.1. The number of halogens is 1. The summed E-state index contributed by atoms with van der Waals surface area (Å²) in [5.74, 6) is 0.706. The number of fused-ring (bicyclic) bond motifs is 1. The highest BCUT2D eigenvalue weighted by atomic mass is 19.1. The van der Waals surface area contributed by atoms with E-state index >= 15 is 0 Å². The first-order valence-electron chi connectivity index (χ1n) is 10.6. The summed E-state index contributed by atoms with van der Waals surface area (Å²) in [5, 5.41) is 2.91. The quantitative estimate of drug-likeness (QED) is 0.423. The Bertz CT molecular complexity index is 1180. The predicted molar refractivity (Wildman–Crippen MR) is 122 cm³/mol. The monoisotopic (exact) mass is 415 g/mol. The van der Waals surface area contributed by atoms with Crippen LogP contribution in [0.5, 0.6) is 0 Å². The first-order valence-corrected chi connectivity index (χ1v) is 10.6. The van der Waals surface area contributed by atoms with Gasteiger partial charge in [-0.15, -0.1) is 0 Å². The van der Waals surface area contributed by atoms with Gasteiger partial charge in [-0.2, -0.15) is 0 Å². The standard InChI is InChI=1S/C26H26FN3O/c1-3-18(2)20-10-8-19(9-11-20)17-30-24-7-5-4-6-23(24)29-25(30)16-28-26(31)21-12-14-22(27)15-13-21/h4-15,18H,3,16-17H2,1-2H3,(H,28,31). The Balaban J connectivity index is 1.57. The van der Waals surface area contributed by atoms with Crippen molar-refractivity contribution in [1.82, 2.24) is 14.9 Å². The van der Waals surface area contributed by atoms with E-state index in [0.717, 1.165) is 23.3 Å². The molecule has 0 fully saturated rings. The Kier molecular flexibility index (Phi) is 6.12. The molecule has 1 unspecified atom stereocenters. The summed E-state index contributed by atoms with van der Waals surface area (Å²) in [6.45, 7) is 5.39. The maximum absolute atomic E-state index is 13.1. The van der Waals surface area contributed by atoms with Crippen LogP contribution in [0, 0.1) is 5.82 Å². The lowest BCUT2D eigenvalue weighted by molar-refractivity contribution is 0.0949. The summed E-state index contributed by atoms with van der Waals surface area (Å²) in [5.41, 5.74) is 4.86. The topological polar surface area (TPSA) is 46.9 Å². The van der Waals surface area contributed by atoms with Crippen LogP contribution >= 0.6 is 0 Å². The molecule has 1 N–H and O–H groups in total. The lowest BCUT2D eigenvalue weighted by atomic mass is 9.98. The van der Waals surface area contributed by atoms with Gasteiger partial charge >= 0.3 is 0 Å². The van der Waals surface area contributed by atoms with Crippen molar-refractivity contribution in [2.24, 2.45) is 0 Å². The van der Waals surface area contributed by atoms with Gasteiger partial charge in [-0.3, -0.25) is 4.79 Å². The fourth-order valence-electron chi connectivity index (χ4n) is 3.67. The highest BCUT2D eigenvalue weighted by molar-refractivity contribution is 5.94. The number of amides is 1. The van der Waals surface area contributed by atoms with Crippen LogP contribution in [0.1, 0.15) is 53.5 Å². The van der Waals surface area contributed by atoms with E-state index in [1.807, 2.05) is 24.3 Å². The molecule has 1 amide bonds. The van der Waals surface area contributed by atoms with Crippen molar-refractivity contribution < 1.29 is 9.18 Å². The van der Waals surface area contributed by atoms with E-state index in [1.54, 1.807) is 0 Å². The van der Waals surface area contributed by atoms with E-state index in [4.69, 9.17) is 4.98 Å². The van der Waals surface area contributed by atoms with Gasteiger partial charge in [0.2, 0.25) is 0 Å². The minimum absolute atomic E-state index is 0.253. The molecule has 0 aliphatic carbocycles. The molecule has 4 nitrogen and oxygen atoms in total. The summed E-state index contributed by atoms with van der Waals surface area (Å²) in [7, 11) is 0. The lowest BCUT2D eigenvalue weighted by Gasteiger charge is -2.13. The molecule has 0 radical (unpaired) electrons. The number of imidazole rings is 1. The first-order chi connectivity index (χ1) is 15.0. The summed E-state index contributed by atoms with van der Waals surface area (Å²) in [4.78, 5) is 17.2. The van der Waals surface area contributed by atoms with Gasteiger partial charge in [-0.25, -0.2) is 9.37 Å². The van der Waals surface area contributed by atoms with Gasteiger partial charge in [0.15, 0.2) is 0 Å². The van der Waals surface area contributed by atoms with Crippen LogP contribution in [0.25, 0.3) is 11.0 Å². The average Bonchev–Trinajstić information content (AvgIpc) is 3.15. The molecule has 4 aromatic rings. The Morgan fingerprint density at radius 2 is 1.74 bits per heavy atom. The number of aromatic nitrogens is 2. The van der Waals surface area contributed by atoms with Gasteiger partial charge in [0, 0.05) is 12.1 Å². The largest absolute Gasteiger partial charge is 0.345 e. The van der Waals surface area contributed by atoms with Crippen molar-refractivity contribution in [1.29, 1.82) is 0 Å². The van der Waals surface area contributed by atoms with Crippen molar-refractivity contribution >= 4 is 16.9 Å². The van der Waals surface area contributed by atoms with Crippen molar-refractivity contribution in [3.05, 3.63) is 101 Å². The fraction of sp³-hybridized carbons (Fsp3) is 0.231. The third-order valence-electron chi connectivity index (χ3n) is 5.75. The van der Waals surface area contributed by atoms with Gasteiger partial charge in [-0.1, -0.05) is 50.2 Å². The summed E-state index contributed by atoms with van der Waals surface area (Å²) < 4.78 is 15.3. The fourth-order valence-corrected chi connectivity index (χ4v) is 3.67. The molecule has 1 atom stereocenters. The molecule has 0 aliphatic rings. The molecule has 158 valence electrons. The molecule has 31 heavy (non-hydrogen) atoms. The van der Waals surface area contributed by atoms with E-state index < -0.39 is 0 Å². The second-order valence-electron chi connectivity index (χ2n) is 7.84. The summed E-state index contributed by atoms with van der Waals surface area (Å²) in [6.07, 6.45) is 1.11. The molecule has 0 spiro atoms. The van der Waals surface area contributed by atoms with E-state index in [0.29, 0.717) is 18.0 Å². The Labute approximate surface area is 181 Å². The predicted octanol–water partition coefficient (Wildman–Crippen LogP) is 5.67. The molecular formula is C26H26FN3O. The van der Waals surface area contributed by atoms with E-state index in [2.05, 4.69) is 48.0 Å². The molecule has 5 heteroatoms. The third kappa shape index (κ3) is 4.66. The second-order valence-corrected chi connectivity index (χ2v) is 7.84. The van der Waals surface area contributed by atoms with Crippen LogP contribution in [0.3, 0.4) is 0 Å². The number of hydrogen-bond donors (Lipinski definition) is 1. The number of para-hydroxylation sites is 2. The molecule has 0 saturated heterocycles. The number of carbonyl (C=O) groups excluding carboxylic acids is 1. The van der Waals surface area contributed by atoms with Crippen molar-refractivity contribution in [2.75, 3.05) is 0 Å². The molecule has 1 aromatic heterocycles. The number of rotatable bonds is 7. The molecule has 0 aliphatic heterocycles. The maximum Gasteiger partial charge on any atom is 0.251 e. The summed E-state index contributed by atoms with van der Waals surface area (Å²) in [6, 6.07) is 22.2. The van der Waals surface area contributed by atoms with Crippen LogP contribution in [0.4, 0.5) is 4.39 Å². The molecule has 3 aromatic carbocycles. The van der Waals surface area contributed by atoms with Crippen molar-refractivity contribution in [2.45, 2.75) is 39.3 Å². The van der Waals surface area contributed by atoms with Gasteiger partial charge in [0.05, 0.1) is 17.6 Å². The molecule has 0 saturated carbocycles. The number of nitrogens with zero attached hydrogens (tertiary/aromatic N) is 2. The number of carbonyl (C=O) groups is 1. The van der Waals surface area contributed by atoms with Gasteiger partial charge < -0.3 is 9.88 Å². The van der Waals surface area contributed by atoms with E-state index in [1.165, 1.54) is 35.4 Å². The molecule has 4 rings (SSSR count). The van der Waals surface area contributed by atoms with Crippen LogP contribution in [0.15, 0.2) is 72.8 Å². The molecular weight excluding hydrogens is 389 g/mol. The smallest absolute Gasteiger partial charge is 0.251 e. The first kappa shape index (κ1) is 20.8. The van der Waals surface area contributed by atoms with Crippen molar-refractivity contribution in [3.8, 4) is 0 Å². The summed E-state index contributed by atoms with van der Waals surface area (Å²) >= 11 is 0. The van der Waals surface area contributed by atoms with Gasteiger partial charge in [0.25, 0.3) is 5.91 Å². The zero-order valence-electron chi connectivity index (χ0n) is 17.8. The van der Waals surface area contributed by atoms with Gasteiger partial charge in [0.1, 0.15) is 11.6 Å². The van der Waals surface area contributed by atoms with Crippen LogP contribution < -0.4 is 5.32 Å². The second kappa shape index (κ2) is 9.13. The third-order valence-corrected chi connectivity index (χ3v) is 5.75. The van der Waals surface area contributed by atoms with Crippen LogP contribution in [-0.4, -0.2) is 15.5 Å². The van der Waals surface area contributed by atoms with Crippen LogP contribution in [-0.2, 0) is 13.1 Å². The minimum Gasteiger partial charge on any atom is -0.345 e. The van der Waals surface area contributed by atoms with Crippen molar-refractivity contribution in [3.63, 3.8) is 0 Å². The lowest BCUT2D eigenvalue weighted by Crippen LogP contribution is -2.24. The number of benzene rings is 3. The van der Waals surface area contributed by atoms with E-state index in [-0.39, 0.29) is 18.3 Å².